The van der Waals surface area contributed by atoms with Crippen LogP contribution in [-0.2, 0) is 17.8 Å². The summed E-state index contributed by atoms with van der Waals surface area (Å²) < 4.78 is 8.30. The SMILES string of the molecule is CC(C)NCc1ccc2ccn(CC3CCC(C)O3)c2c1. The van der Waals surface area contributed by atoms with Crippen molar-refractivity contribution in [1.82, 2.24) is 9.88 Å². The van der Waals surface area contributed by atoms with Gasteiger partial charge in [-0.25, -0.2) is 0 Å². The summed E-state index contributed by atoms with van der Waals surface area (Å²) >= 11 is 0. The van der Waals surface area contributed by atoms with E-state index in [2.05, 4.69) is 61.1 Å². The molecule has 1 aliphatic rings. The zero-order valence-electron chi connectivity index (χ0n) is 13.3. The van der Waals surface area contributed by atoms with Crippen molar-refractivity contribution in [3.05, 3.63) is 36.0 Å². The van der Waals surface area contributed by atoms with E-state index >= 15 is 0 Å². The molecule has 3 nitrogen and oxygen atoms in total. The summed E-state index contributed by atoms with van der Waals surface area (Å²) in [4.78, 5) is 0. The van der Waals surface area contributed by atoms with Gasteiger partial charge in [0, 0.05) is 30.8 Å². The summed E-state index contributed by atoms with van der Waals surface area (Å²) in [6, 6.07) is 9.47. The lowest BCUT2D eigenvalue weighted by Crippen LogP contribution is -2.21. The fourth-order valence-electron chi connectivity index (χ4n) is 3.06. The quantitative estimate of drug-likeness (QED) is 0.907. The number of benzene rings is 1. The van der Waals surface area contributed by atoms with Gasteiger partial charge in [-0.1, -0.05) is 26.0 Å². The van der Waals surface area contributed by atoms with Gasteiger partial charge in [0.1, 0.15) is 0 Å². The molecule has 0 bridgehead atoms. The molecule has 1 fully saturated rings. The second-order valence-electron chi connectivity index (χ2n) is 6.54. The van der Waals surface area contributed by atoms with E-state index in [0.717, 1.165) is 13.1 Å². The van der Waals surface area contributed by atoms with Gasteiger partial charge in [0.15, 0.2) is 0 Å². The van der Waals surface area contributed by atoms with Crippen LogP contribution in [0.1, 0.15) is 39.2 Å². The molecule has 2 unspecified atom stereocenters. The Morgan fingerprint density at radius 1 is 1.29 bits per heavy atom. The van der Waals surface area contributed by atoms with Crippen LogP contribution in [0.5, 0.6) is 0 Å². The Kier molecular flexibility index (Phi) is 4.32. The highest BCUT2D eigenvalue weighted by Crippen LogP contribution is 2.24. The van der Waals surface area contributed by atoms with Gasteiger partial charge in [0.2, 0.25) is 0 Å². The van der Waals surface area contributed by atoms with E-state index < -0.39 is 0 Å². The number of rotatable bonds is 5. The third-order valence-corrected chi connectivity index (χ3v) is 4.27. The van der Waals surface area contributed by atoms with Crippen molar-refractivity contribution in [2.45, 2.75) is 65.0 Å². The molecule has 2 atom stereocenters. The Morgan fingerprint density at radius 2 is 2.14 bits per heavy atom. The number of hydrogen-bond donors (Lipinski definition) is 1. The number of aromatic nitrogens is 1. The maximum atomic E-state index is 5.96. The van der Waals surface area contributed by atoms with E-state index in [-0.39, 0.29) is 0 Å². The van der Waals surface area contributed by atoms with Crippen LogP contribution in [0.3, 0.4) is 0 Å². The second-order valence-corrected chi connectivity index (χ2v) is 6.54. The van der Waals surface area contributed by atoms with Crippen LogP contribution in [0.4, 0.5) is 0 Å². The molecule has 1 N–H and O–H groups in total. The first kappa shape index (κ1) is 14.6. The minimum atomic E-state index is 0.369. The zero-order valence-corrected chi connectivity index (χ0v) is 13.3. The molecule has 1 aromatic heterocycles. The Balaban J connectivity index is 1.77. The van der Waals surface area contributed by atoms with Crippen molar-refractivity contribution in [3.63, 3.8) is 0 Å². The van der Waals surface area contributed by atoms with Crippen molar-refractivity contribution in [2.24, 2.45) is 0 Å². The smallest absolute Gasteiger partial charge is 0.0758 e. The van der Waals surface area contributed by atoms with E-state index in [9.17, 15) is 0 Å². The highest BCUT2D eigenvalue weighted by Gasteiger charge is 2.22. The minimum Gasteiger partial charge on any atom is -0.373 e. The van der Waals surface area contributed by atoms with Gasteiger partial charge in [0.05, 0.1) is 12.2 Å². The molecule has 0 saturated carbocycles. The lowest BCUT2D eigenvalue weighted by atomic mass is 10.1. The Labute approximate surface area is 127 Å². The minimum absolute atomic E-state index is 0.369. The number of hydrogen-bond acceptors (Lipinski definition) is 2. The Bertz CT molecular complexity index is 602. The van der Waals surface area contributed by atoms with Crippen molar-refractivity contribution in [2.75, 3.05) is 0 Å². The summed E-state index contributed by atoms with van der Waals surface area (Å²) in [6.45, 7) is 8.42. The highest BCUT2D eigenvalue weighted by atomic mass is 16.5. The molecule has 3 heteroatoms. The summed E-state index contributed by atoms with van der Waals surface area (Å²) in [5.41, 5.74) is 2.66. The molecule has 0 amide bonds. The summed E-state index contributed by atoms with van der Waals surface area (Å²) in [5, 5.41) is 4.80. The van der Waals surface area contributed by atoms with Crippen LogP contribution >= 0.6 is 0 Å². The van der Waals surface area contributed by atoms with Crippen LogP contribution in [0, 0.1) is 0 Å². The number of ether oxygens (including phenoxy) is 1. The summed E-state index contributed by atoms with van der Waals surface area (Å²) in [7, 11) is 0. The van der Waals surface area contributed by atoms with E-state index in [1.165, 1.54) is 29.3 Å². The molecule has 0 radical (unpaired) electrons. The van der Waals surface area contributed by atoms with Gasteiger partial charge >= 0.3 is 0 Å². The van der Waals surface area contributed by atoms with E-state index in [0.29, 0.717) is 18.2 Å². The predicted octanol–water partition coefficient (Wildman–Crippen LogP) is 3.71. The van der Waals surface area contributed by atoms with Gasteiger partial charge in [-0.05, 0) is 42.8 Å². The van der Waals surface area contributed by atoms with Gasteiger partial charge in [-0.2, -0.15) is 0 Å². The molecule has 3 rings (SSSR count). The first-order valence-electron chi connectivity index (χ1n) is 8.08. The van der Waals surface area contributed by atoms with E-state index in [1.807, 2.05) is 0 Å². The maximum Gasteiger partial charge on any atom is 0.0758 e. The second kappa shape index (κ2) is 6.20. The Morgan fingerprint density at radius 3 is 2.86 bits per heavy atom. The fraction of sp³-hybridized carbons (Fsp3) is 0.556. The van der Waals surface area contributed by atoms with Crippen LogP contribution in [0.25, 0.3) is 10.9 Å². The van der Waals surface area contributed by atoms with Gasteiger partial charge in [-0.15, -0.1) is 0 Å². The van der Waals surface area contributed by atoms with Crippen LogP contribution in [-0.4, -0.2) is 22.8 Å². The topological polar surface area (TPSA) is 26.2 Å². The largest absolute Gasteiger partial charge is 0.373 e. The first-order valence-corrected chi connectivity index (χ1v) is 8.08. The molecule has 2 aromatic rings. The van der Waals surface area contributed by atoms with Crippen molar-refractivity contribution in [3.8, 4) is 0 Å². The lowest BCUT2D eigenvalue weighted by molar-refractivity contribution is 0.0465. The number of nitrogens with one attached hydrogen (secondary N) is 1. The van der Waals surface area contributed by atoms with E-state index in [4.69, 9.17) is 4.74 Å². The normalized spacial score (nSPS) is 22.5. The Hall–Kier alpha value is -1.32. The molecule has 1 aliphatic heterocycles. The molecule has 2 heterocycles. The average molecular weight is 286 g/mol. The molecule has 114 valence electrons. The van der Waals surface area contributed by atoms with Crippen molar-refractivity contribution < 1.29 is 4.74 Å². The molecule has 0 aliphatic carbocycles. The molecule has 1 saturated heterocycles. The van der Waals surface area contributed by atoms with Crippen molar-refractivity contribution >= 4 is 10.9 Å². The third-order valence-electron chi connectivity index (χ3n) is 4.27. The third kappa shape index (κ3) is 3.47. The summed E-state index contributed by atoms with van der Waals surface area (Å²) in [6.07, 6.45) is 5.34. The van der Waals surface area contributed by atoms with Gasteiger partial charge in [0.25, 0.3) is 0 Å². The predicted molar refractivity (Wildman–Crippen MR) is 87.5 cm³/mol. The van der Waals surface area contributed by atoms with Gasteiger partial charge < -0.3 is 14.6 Å². The van der Waals surface area contributed by atoms with Crippen LogP contribution < -0.4 is 5.32 Å². The molecule has 21 heavy (non-hydrogen) atoms. The fourth-order valence-corrected chi connectivity index (χ4v) is 3.06. The van der Waals surface area contributed by atoms with Crippen LogP contribution in [0.15, 0.2) is 30.5 Å². The number of fused-ring (bicyclic) bond motifs is 1. The summed E-state index contributed by atoms with van der Waals surface area (Å²) in [5.74, 6) is 0. The molecular weight excluding hydrogens is 260 g/mol. The monoisotopic (exact) mass is 286 g/mol. The van der Waals surface area contributed by atoms with Crippen molar-refractivity contribution in [1.29, 1.82) is 0 Å². The average Bonchev–Trinajstić information content (AvgIpc) is 3.04. The standard InChI is InChI=1S/C18H26N2O/c1-13(2)19-11-15-5-6-16-8-9-20(18(16)10-15)12-17-7-4-14(3)21-17/h5-6,8-10,13-14,17,19H,4,7,11-12H2,1-3H3. The molecular formula is C18H26N2O. The van der Waals surface area contributed by atoms with Gasteiger partial charge in [-0.3, -0.25) is 0 Å². The highest BCUT2D eigenvalue weighted by molar-refractivity contribution is 5.80. The van der Waals surface area contributed by atoms with Crippen LogP contribution in [0.2, 0.25) is 0 Å². The number of nitrogens with zero attached hydrogens (tertiary/aromatic N) is 1. The van der Waals surface area contributed by atoms with E-state index in [1.54, 1.807) is 0 Å². The molecule has 1 aromatic carbocycles. The zero-order chi connectivity index (χ0) is 14.8. The first-order chi connectivity index (χ1) is 10.1. The molecule has 0 spiro atoms. The maximum absolute atomic E-state index is 5.96. The lowest BCUT2D eigenvalue weighted by Gasteiger charge is -2.14.